The van der Waals surface area contributed by atoms with E-state index in [0.717, 1.165) is 28.0 Å². The van der Waals surface area contributed by atoms with Crippen molar-refractivity contribution in [3.63, 3.8) is 0 Å². The molecular weight excluding hydrogens is 400 g/mol. The maximum atomic E-state index is 12.2. The number of hydrogen-bond donors (Lipinski definition) is 0. The molecule has 3 rings (SSSR count). The number of esters is 1. The van der Waals surface area contributed by atoms with Gasteiger partial charge >= 0.3 is 5.97 Å². The summed E-state index contributed by atoms with van der Waals surface area (Å²) in [5.41, 5.74) is 5.78. The van der Waals surface area contributed by atoms with Gasteiger partial charge in [0.15, 0.2) is 6.61 Å². The van der Waals surface area contributed by atoms with Crippen LogP contribution in [0.5, 0.6) is 11.5 Å². The lowest BCUT2D eigenvalue weighted by Gasteiger charge is -2.22. The molecule has 0 aromatic heterocycles. The molecule has 4 nitrogen and oxygen atoms in total. The van der Waals surface area contributed by atoms with Gasteiger partial charge in [0, 0.05) is 0 Å². The molecule has 0 unspecified atom stereocenters. The first-order chi connectivity index (χ1) is 15.2. The summed E-state index contributed by atoms with van der Waals surface area (Å²) < 4.78 is 16.8. The molecule has 0 heterocycles. The summed E-state index contributed by atoms with van der Waals surface area (Å²) >= 11 is 0. The molecule has 0 atom stereocenters. The monoisotopic (exact) mass is 432 g/mol. The fourth-order valence-electron chi connectivity index (χ4n) is 3.36. The average molecular weight is 433 g/mol. The van der Waals surface area contributed by atoms with E-state index < -0.39 is 5.97 Å². The van der Waals surface area contributed by atoms with E-state index in [9.17, 15) is 4.79 Å². The summed E-state index contributed by atoms with van der Waals surface area (Å²) in [5, 5.41) is 0. The minimum Gasteiger partial charge on any atom is -0.489 e. The molecule has 0 N–H and O–H groups in total. The second-order valence-corrected chi connectivity index (χ2v) is 9.03. The van der Waals surface area contributed by atoms with Crippen LogP contribution in [0.1, 0.15) is 48.6 Å². The van der Waals surface area contributed by atoms with Crippen LogP contribution in [0.3, 0.4) is 0 Å². The van der Waals surface area contributed by atoms with Crippen molar-refractivity contribution in [2.24, 2.45) is 0 Å². The maximum absolute atomic E-state index is 12.2. The normalized spacial score (nSPS) is 11.2. The van der Waals surface area contributed by atoms with E-state index in [2.05, 4.69) is 46.8 Å². The number of ether oxygens (including phenoxy) is 3. The smallest absolute Gasteiger partial charge is 0.344 e. The minimum atomic E-state index is -0.395. The zero-order valence-electron chi connectivity index (χ0n) is 19.6. The van der Waals surface area contributed by atoms with E-state index in [1.54, 1.807) is 12.1 Å². The van der Waals surface area contributed by atoms with Crippen molar-refractivity contribution in [1.29, 1.82) is 0 Å². The maximum Gasteiger partial charge on any atom is 0.344 e. The highest BCUT2D eigenvalue weighted by Crippen LogP contribution is 2.27. The third-order valence-electron chi connectivity index (χ3n) is 5.37. The molecule has 0 aliphatic rings. The topological polar surface area (TPSA) is 44.8 Å². The van der Waals surface area contributed by atoms with Gasteiger partial charge in [-0.1, -0.05) is 63.2 Å². The fourth-order valence-corrected chi connectivity index (χ4v) is 3.36. The highest BCUT2D eigenvalue weighted by atomic mass is 16.6. The van der Waals surface area contributed by atoms with Crippen LogP contribution < -0.4 is 9.47 Å². The SMILES string of the molecule is Cc1cc(C(C)(C)C)cc(C)c1COC(=O)COc1ccc(OCc2ccccc2)cc1. The highest BCUT2D eigenvalue weighted by molar-refractivity contribution is 5.71. The minimum absolute atomic E-state index is 0.0840. The average Bonchev–Trinajstić information content (AvgIpc) is 2.76. The van der Waals surface area contributed by atoms with Crippen molar-refractivity contribution in [1.82, 2.24) is 0 Å². The van der Waals surface area contributed by atoms with Crippen molar-refractivity contribution in [3.05, 3.63) is 94.5 Å². The second kappa shape index (κ2) is 10.4. The van der Waals surface area contributed by atoms with Crippen LogP contribution in [0.25, 0.3) is 0 Å². The van der Waals surface area contributed by atoms with Gasteiger partial charge in [0.05, 0.1) is 0 Å². The van der Waals surface area contributed by atoms with Gasteiger partial charge in [0.25, 0.3) is 0 Å². The molecule has 3 aromatic carbocycles. The fraction of sp³-hybridized carbons (Fsp3) is 0.321. The quantitative estimate of drug-likeness (QED) is 0.392. The van der Waals surface area contributed by atoms with Crippen molar-refractivity contribution >= 4 is 5.97 Å². The zero-order valence-corrected chi connectivity index (χ0v) is 19.6. The number of rotatable bonds is 8. The predicted molar refractivity (Wildman–Crippen MR) is 127 cm³/mol. The van der Waals surface area contributed by atoms with Gasteiger partial charge < -0.3 is 14.2 Å². The first-order valence-electron chi connectivity index (χ1n) is 10.9. The van der Waals surface area contributed by atoms with E-state index >= 15 is 0 Å². The molecule has 0 bridgehead atoms. The Morgan fingerprint density at radius 2 is 1.34 bits per heavy atom. The molecule has 0 saturated heterocycles. The largest absolute Gasteiger partial charge is 0.489 e. The summed E-state index contributed by atoms with van der Waals surface area (Å²) in [5.74, 6) is 0.942. The van der Waals surface area contributed by atoms with Crippen molar-refractivity contribution in [2.75, 3.05) is 6.61 Å². The van der Waals surface area contributed by atoms with Gasteiger partial charge in [-0.05, 0) is 71.3 Å². The lowest BCUT2D eigenvalue weighted by Crippen LogP contribution is -2.16. The Morgan fingerprint density at radius 1 is 0.781 bits per heavy atom. The summed E-state index contributed by atoms with van der Waals surface area (Å²) in [7, 11) is 0. The Labute approximate surface area is 191 Å². The third kappa shape index (κ3) is 6.61. The molecule has 3 aromatic rings. The molecule has 0 aliphatic carbocycles. The number of benzene rings is 3. The Balaban J connectivity index is 1.47. The molecule has 0 amide bonds. The van der Waals surface area contributed by atoms with E-state index in [1.807, 2.05) is 42.5 Å². The standard InChI is InChI=1S/C28H32O4/c1-20-15-23(28(3,4)5)16-21(2)26(20)18-32-27(29)19-31-25-13-11-24(12-14-25)30-17-22-9-7-6-8-10-22/h6-16H,17-19H2,1-5H3. The summed E-state index contributed by atoms with van der Waals surface area (Å²) in [4.78, 5) is 12.2. The van der Waals surface area contributed by atoms with Crippen LogP contribution in [-0.2, 0) is 28.2 Å². The summed E-state index contributed by atoms with van der Waals surface area (Å²) in [6, 6.07) is 21.6. The van der Waals surface area contributed by atoms with Crippen LogP contribution in [0.4, 0.5) is 0 Å². The molecule has 0 aliphatic heterocycles. The molecule has 0 saturated carbocycles. The Morgan fingerprint density at radius 3 is 1.91 bits per heavy atom. The Hall–Kier alpha value is -3.27. The van der Waals surface area contributed by atoms with E-state index in [-0.39, 0.29) is 18.6 Å². The zero-order chi connectivity index (χ0) is 23.1. The van der Waals surface area contributed by atoms with Crippen molar-refractivity contribution in [2.45, 2.75) is 53.2 Å². The molecule has 0 fully saturated rings. The lowest BCUT2D eigenvalue weighted by molar-refractivity contribution is -0.147. The third-order valence-corrected chi connectivity index (χ3v) is 5.37. The number of carbonyl (C=O) groups excluding carboxylic acids is 1. The van der Waals surface area contributed by atoms with Gasteiger partial charge in [-0.25, -0.2) is 4.79 Å². The second-order valence-electron chi connectivity index (χ2n) is 9.03. The molecular formula is C28H32O4. The molecule has 168 valence electrons. The van der Waals surface area contributed by atoms with Crippen molar-refractivity contribution in [3.8, 4) is 11.5 Å². The van der Waals surface area contributed by atoms with Crippen LogP contribution in [0.2, 0.25) is 0 Å². The Kier molecular flexibility index (Phi) is 7.57. The summed E-state index contributed by atoms with van der Waals surface area (Å²) in [6.45, 7) is 11.3. The highest BCUT2D eigenvalue weighted by Gasteiger charge is 2.17. The van der Waals surface area contributed by atoms with Crippen LogP contribution >= 0.6 is 0 Å². The van der Waals surface area contributed by atoms with E-state index in [4.69, 9.17) is 14.2 Å². The predicted octanol–water partition coefficient (Wildman–Crippen LogP) is 6.30. The first-order valence-corrected chi connectivity index (χ1v) is 10.9. The van der Waals surface area contributed by atoms with Gasteiger partial charge in [-0.3, -0.25) is 0 Å². The van der Waals surface area contributed by atoms with Crippen LogP contribution in [0, 0.1) is 13.8 Å². The van der Waals surface area contributed by atoms with E-state index in [1.165, 1.54) is 5.56 Å². The van der Waals surface area contributed by atoms with Gasteiger partial charge in [-0.2, -0.15) is 0 Å². The molecule has 0 spiro atoms. The lowest BCUT2D eigenvalue weighted by atomic mass is 9.84. The number of carbonyl (C=O) groups is 1. The first kappa shape index (κ1) is 23.4. The summed E-state index contributed by atoms with van der Waals surface area (Å²) in [6.07, 6.45) is 0. The molecule has 0 radical (unpaired) electrons. The van der Waals surface area contributed by atoms with Gasteiger partial charge in [0.1, 0.15) is 24.7 Å². The Bertz CT molecular complexity index is 1010. The number of aryl methyl sites for hydroxylation is 2. The van der Waals surface area contributed by atoms with Crippen LogP contribution in [0.15, 0.2) is 66.7 Å². The number of hydrogen-bond acceptors (Lipinski definition) is 4. The van der Waals surface area contributed by atoms with Crippen molar-refractivity contribution < 1.29 is 19.0 Å². The van der Waals surface area contributed by atoms with Crippen LogP contribution in [-0.4, -0.2) is 12.6 Å². The van der Waals surface area contributed by atoms with Gasteiger partial charge in [-0.15, -0.1) is 0 Å². The van der Waals surface area contributed by atoms with E-state index in [0.29, 0.717) is 12.4 Å². The molecule has 4 heteroatoms. The molecule has 32 heavy (non-hydrogen) atoms. The van der Waals surface area contributed by atoms with Gasteiger partial charge in [0.2, 0.25) is 0 Å².